The van der Waals surface area contributed by atoms with E-state index in [9.17, 15) is 4.79 Å². The Hall–Kier alpha value is -2.59. The number of nitrogens with one attached hydrogen (secondary N) is 1. The molecule has 0 saturated carbocycles. The van der Waals surface area contributed by atoms with Gasteiger partial charge >= 0.3 is 0 Å². The Morgan fingerprint density at radius 2 is 2.00 bits per heavy atom. The minimum Gasteiger partial charge on any atom is -0.352 e. The summed E-state index contributed by atoms with van der Waals surface area (Å²) in [6.45, 7) is 2.26. The molecule has 0 unspecified atom stereocenters. The lowest BCUT2D eigenvalue weighted by molar-refractivity contribution is -0.116. The van der Waals surface area contributed by atoms with Gasteiger partial charge in [0.15, 0.2) is 0 Å². The number of rotatable bonds is 3. The highest BCUT2D eigenvalue weighted by Gasteiger charge is 2.06. The molecule has 0 bridgehead atoms. The van der Waals surface area contributed by atoms with Crippen LogP contribution in [0.25, 0.3) is 6.08 Å². The van der Waals surface area contributed by atoms with Crippen LogP contribution in [0.15, 0.2) is 29.8 Å². The van der Waals surface area contributed by atoms with Crippen molar-refractivity contribution < 1.29 is 4.79 Å². The summed E-state index contributed by atoms with van der Waals surface area (Å²) < 4.78 is 0. The summed E-state index contributed by atoms with van der Waals surface area (Å²) in [5.41, 5.74) is 1.31. The van der Waals surface area contributed by atoms with Crippen LogP contribution in [0.2, 0.25) is 0 Å². The SMILES string of the molecule is CCNC(=O)C(C#N)=Cc1ccc(C#N)cc1. The van der Waals surface area contributed by atoms with Crippen LogP contribution in [0.1, 0.15) is 18.1 Å². The van der Waals surface area contributed by atoms with Gasteiger partial charge in [0.2, 0.25) is 0 Å². The van der Waals surface area contributed by atoms with E-state index in [1.807, 2.05) is 12.1 Å². The molecule has 84 valence electrons. The summed E-state index contributed by atoms with van der Waals surface area (Å²) in [5.74, 6) is -0.389. The number of hydrogen-bond acceptors (Lipinski definition) is 3. The fourth-order valence-electron chi connectivity index (χ4n) is 1.22. The Morgan fingerprint density at radius 3 is 2.47 bits per heavy atom. The van der Waals surface area contributed by atoms with Crippen molar-refractivity contribution in [3.8, 4) is 12.1 Å². The third-order valence-corrected chi connectivity index (χ3v) is 2.05. The minimum absolute atomic E-state index is 0.0524. The number of carbonyl (C=O) groups excluding carboxylic acids is 1. The summed E-state index contributed by atoms with van der Waals surface area (Å²) in [6.07, 6.45) is 1.49. The molecule has 1 rings (SSSR count). The molecule has 4 nitrogen and oxygen atoms in total. The van der Waals surface area contributed by atoms with Crippen molar-refractivity contribution in [1.82, 2.24) is 5.32 Å². The van der Waals surface area contributed by atoms with Crippen LogP contribution >= 0.6 is 0 Å². The van der Waals surface area contributed by atoms with Gasteiger partial charge in [0.05, 0.1) is 11.6 Å². The van der Waals surface area contributed by atoms with Gasteiger partial charge in [0, 0.05) is 6.54 Å². The fraction of sp³-hybridized carbons (Fsp3) is 0.154. The van der Waals surface area contributed by atoms with Crippen LogP contribution in [0.4, 0.5) is 0 Å². The Balaban J connectivity index is 2.96. The van der Waals surface area contributed by atoms with Gasteiger partial charge in [0.1, 0.15) is 11.6 Å². The number of carbonyl (C=O) groups is 1. The lowest BCUT2D eigenvalue weighted by atomic mass is 10.1. The standard InChI is InChI=1S/C13H11N3O/c1-2-16-13(17)12(9-15)7-10-3-5-11(8-14)6-4-10/h3-7H,2H2,1H3,(H,16,17). The van der Waals surface area contributed by atoms with Gasteiger partial charge in [-0.15, -0.1) is 0 Å². The van der Waals surface area contributed by atoms with Gasteiger partial charge in [0.25, 0.3) is 5.91 Å². The summed E-state index contributed by atoms with van der Waals surface area (Å²) in [4.78, 5) is 11.4. The molecule has 17 heavy (non-hydrogen) atoms. The predicted octanol–water partition coefficient (Wildman–Crippen LogP) is 1.60. The van der Waals surface area contributed by atoms with E-state index in [0.29, 0.717) is 17.7 Å². The van der Waals surface area contributed by atoms with Crippen LogP contribution in [-0.2, 0) is 4.79 Å². The Kier molecular flexibility index (Phi) is 4.47. The third-order valence-electron chi connectivity index (χ3n) is 2.05. The van der Waals surface area contributed by atoms with Crippen LogP contribution < -0.4 is 5.32 Å². The van der Waals surface area contributed by atoms with Gasteiger partial charge in [-0.25, -0.2) is 0 Å². The molecule has 0 aromatic heterocycles. The zero-order valence-corrected chi connectivity index (χ0v) is 9.40. The van der Waals surface area contributed by atoms with Crippen molar-refractivity contribution in [3.05, 3.63) is 41.0 Å². The van der Waals surface area contributed by atoms with Crippen LogP contribution in [0.3, 0.4) is 0 Å². The van der Waals surface area contributed by atoms with E-state index in [0.717, 1.165) is 0 Å². The molecule has 0 aliphatic carbocycles. The molecule has 0 aliphatic rings. The van der Waals surface area contributed by atoms with Gasteiger partial charge in [-0.05, 0) is 30.7 Å². The molecular weight excluding hydrogens is 214 g/mol. The van der Waals surface area contributed by atoms with Crippen molar-refractivity contribution in [2.75, 3.05) is 6.54 Å². The first-order valence-corrected chi connectivity index (χ1v) is 5.11. The molecule has 0 saturated heterocycles. The smallest absolute Gasteiger partial charge is 0.261 e. The minimum atomic E-state index is -0.389. The fourth-order valence-corrected chi connectivity index (χ4v) is 1.22. The number of nitrogens with zero attached hydrogens (tertiary/aromatic N) is 2. The highest BCUT2D eigenvalue weighted by molar-refractivity contribution is 6.01. The van der Waals surface area contributed by atoms with E-state index < -0.39 is 0 Å². The maximum Gasteiger partial charge on any atom is 0.261 e. The van der Waals surface area contributed by atoms with Crippen LogP contribution in [0.5, 0.6) is 0 Å². The number of nitriles is 2. The van der Waals surface area contributed by atoms with E-state index in [2.05, 4.69) is 5.32 Å². The summed E-state index contributed by atoms with van der Waals surface area (Å²) in [6, 6.07) is 10.5. The molecule has 0 aliphatic heterocycles. The molecule has 1 amide bonds. The van der Waals surface area contributed by atoms with Gasteiger partial charge in [-0.1, -0.05) is 12.1 Å². The maximum absolute atomic E-state index is 11.4. The Labute approximate surface area is 99.8 Å². The molecule has 0 radical (unpaired) electrons. The lowest BCUT2D eigenvalue weighted by Gasteiger charge is -2.00. The second-order valence-corrected chi connectivity index (χ2v) is 3.26. The molecule has 1 aromatic carbocycles. The van der Waals surface area contributed by atoms with E-state index in [-0.39, 0.29) is 11.5 Å². The first-order valence-electron chi connectivity index (χ1n) is 5.11. The Bertz CT molecular complexity index is 515. The average Bonchev–Trinajstić information content (AvgIpc) is 2.37. The van der Waals surface area contributed by atoms with E-state index in [1.54, 1.807) is 31.2 Å². The normalized spacial score (nSPS) is 10.2. The van der Waals surface area contributed by atoms with E-state index >= 15 is 0 Å². The van der Waals surface area contributed by atoms with Crippen molar-refractivity contribution in [2.24, 2.45) is 0 Å². The van der Waals surface area contributed by atoms with E-state index in [1.165, 1.54) is 6.08 Å². The highest BCUT2D eigenvalue weighted by atomic mass is 16.1. The maximum atomic E-state index is 11.4. The van der Waals surface area contributed by atoms with Gasteiger partial charge in [-0.2, -0.15) is 10.5 Å². The number of hydrogen-bond donors (Lipinski definition) is 1. The summed E-state index contributed by atoms with van der Waals surface area (Å²) >= 11 is 0. The molecule has 0 atom stereocenters. The van der Waals surface area contributed by atoms with Crippen molar-refractivity contribution in [1.29, 1.82) is 10.5 Å². The third kappa shape index (κ3) is 3.48. The predicted molar refractivity (Wildman–Crippen MR) is 63.4 cm³/mol. The zero-order chi connectivity index (χ0) is 12.7. The second-order valence-electron chi connectivity index (χ2n) is 3.26. The zero-order valence-electron chi connectivity index (χ0n) is 9.40. The summed E-state index contributed by atoms with van der Waals surface area (Å²) in [5, 5.41) is 20.0. The highest BCUT2D eigenvalue weighted by Crippen LogP contribution is 2.08. The molecule has 1 aromatic rings. The first-order chi connectivity index (χ1) is 8.21. The number of benzene rings is 1. The van der Waals surface area contributed by atoms with E-state index in [4.69, 9.17) is 10.5 Å². The largest absolute Gasteiger partial charge is 0.352 e. The molecule has 0 heterocycles. The molecule has 4 heteroatoms. The number of amides is 1. The number of likely N-dealkylation sites (N-methyl/N-ethyl adjacent to an activating group) is 1. The molecule has 0 fully saturated rings. The monoisotopic (exact) mass is 225 g/mol. The Morgan fingerprint density at radius 1 is 1.35 bits per heavy atom. The van der Waals surface area contributed by atoms with Crippen molar-refractivity contribution >= 4 is 12.0 Å². The van der Waals surface area contributed by atoms with Gasteiger partial charge < -0.3 is 5.32 Å². The van der Waals surface area contributed by atoms with Gasteiger partial charge in [-0.3, -0.25) is 4.79 Å². The quantitative estimate of drug-likeness (QED) is 0.627. The van der Waals surface area contributed by atoms with Crippen LogP contribution in [-0.4, -0.2) is 12.5 Å². The van der Waals surface area contributed by atoms with Crippen molar-refractivity contribution in [3.63, 3.8) is 0 Å². The lowest BCUT2D eigenvalue weighted by Crippen LogP contribution is -2.23. The summed E-state index contributed by atoms with van der Waals surface area (Å²) in [7, 11) is 0. The second kappa shape index (κ2) is 6.09. The molecule has 0 spiro atoms. The topological polar surface area (TPSA) is 76.7 Å². The molecular formula is C13H11N3O. The van der Waals surface area contributed by atoms with Crippen molar-refractivity contribution in [2.45, 2.75) is 6.92 Å². The molecule has 1 N–H and O–H groups in total. The first kappa shape index (κ1) is 12.5. The van der Waals surface area contributed by atoms with Crippen LogP contribution in [0, 0.1) is 22.7 Å². The average molecular weight is 225 g/mol.